The molecule has 2 heteroatoms. The van der Waals surface area contributed by atoms with Crippen LogP contribution in [0.4, 0.5) is 0 Å². The lowest BCUT2D eigenvalue weighted by molar-refractivity contribution is 0.0501. The summed E-state index contributed by atoms with van der Waals surface area (Å²) in [7, 11) is -1.68. The fraction of sp³-hybridized carbons (Fsp3) is 0.455. The van der Waals surface area contributed by atoms with Crippen molar-refractivity contribution in [1.29, 1.82) is 0 Å². The first kappa shape index (κ1) is 10.5. The average Bonchev–Trinajstić information content (AvgIpc) is 2.04. The summed E-state index contributed by atoms with van der Waals surface area (Å²) in [5, 5.41) is 11.5. The summed E-state index contributed by atoms with van der Waals surface area (Å²) in [6.45, 7) is 8.17. The van der Waals surface area contributed by atoms with Gasteiger partial charge in [0.1, 0.15) is 5.22 Å². The molecule has 0 bridgehead atoms. The molecule has 0 aliphatic carbocycles. The third kappa shape index (κ3) is 2.01. The van der Waals surface area contributed by atoms with Crippen molar-refractivity contribution in [1.82, 2.24) is 0 Å². The van der Waals surface area contributed by atoms with Crippen LogP contribution in [0.1, 0.15) is 12.5 Å². The van der Waals surface area contributed by atoms with E-state index in [0.29, 0.717) is 0 Å². The van der Waals surface area contributed by atoms with Gasteiger partial charge in [-0.2, -0.15) is 0 Å². The first-order chi connectivity index (χ1) is 5.86. The molecule has 0 aliphatic rings. The molecule has 1 nitrogen and oxygen atoms in total. The quantitative estimate of drug-likeness (QED) is 0.643. The maximum absolute atomic E-state index is 12.4. The summed E-state index contributed by atoms with van der Waals surface area (Å²) in [5.74, 6) is 0. The fourth-order valence-electron chi connectivity index (χ4n) is 1.19. The lowest BCUT2D eigenvalue weighted by Crippen LogP contribution is -2.45. The van der Waals surface area contributed by atoms with Crippen LogP contribution in [0.5, 0.6) is 0 Å². The van der Waals surface area contributed by atoms with Gasteiger partial charge in [-0.1, -0.05) is 50.0 Å². The molecule has 1 unspecified atom stereocenters. The topological polar surface area (TPSA) is 19.9 Å². The van der Waals surface area contributed by atoms with E-state index in [1.165, 1.54) is 0 Å². The van der Waals surface area contributed by atoms with Gasteiger partial charge in [0, 0.05) is 0 Å². The second-order valence-corrected chi connectivity index (χ2v) is 10.1. The van der Waals surface area contributed by atoms with Gasteiger partial charge in [0.05, 0.1) is 8.07 Å². The Hall–Kier alpha value is -0.603. The van der Waals surface area contributed by atoms with Crippen molar-refractivity contribution >= 4 is 8.07 Å². The molecule has 0 aliphatic heterocycles. The summed E-state index contributed by atoms with van der Waals surface area (Å²) in [6.07, 6.45) is 0. The lowest BCUT2D eigenvalue weighted by Gasteiger charge is -2.33. The molecular formula is C11H17OSi. The molecular weight excluding hydrogens is 176 g/mol. The molecule has 1 radical (unpaired) electrons. The van der Waals surface area contributed by atoms with Gasteiger partial charge in [-0.15, -0.1) is 0 Å². The Bertz CT molecular complexity index is 272. The SMILES string of the molecule is CC([O])(c1ccccc1)[Si](C)(C)C. The maximum Gasteiger partial charge on any atom is 0.114 e. The molecule has 71 valence electrons. The van der Waals surface area contributed by atoms with Gasteiger partial charge >= 0.3 is 0 Å². The minimum atomic E-state index is -1.68. The highest BCUT2D eigenvalue weighted by Gasteiger charge is 2.40. The van der Waals surface area contributed by atoms with Crippen molar-refractivity contribution in [3.63, 3.8) is 0 Å². The summed E-state index contributed by atoms with van der Waals surface area (Å²) >= 11 is 0. The van der Waals surface area contributed by atoms with E-state index in [9.17, 15) is 5.11 Å². The highest BCUT2D eigenvalue weighted by atomic mass is 28.3. The predicted octanol–water partition coefficient (Wildman–Crippen LogP) is 3.21. The van der Waals surface area contributed by atoms with Crippen LogP contribution in [0.2, 0.25) is 19.6 Å². The number of benzene rings is 1. The molecule has 0 spiro atoms. The van der Waals surface area contributed by atoms with Crippen molar-refractivity contribution in [3.8, 4) is 0 Å². The Labute approximate surface area is 81.4 Å². The Morgan fingerprint density at radius 2 is 1.54 bits per heavy atom. The molecule has 0 amide bonds. The third-order valence-electron chi connectivity index (χ3n) is 2.76. The maximum atomic E-state index is 12.4. The average molecular weight is 193 g/mol. The molecule has 1 atom stereocenters. The minimum absolute atomic E-state index is 0.881. The van der Waals surface area contributed by atoms with Crippen molar-refractivity contribution in [3.05, 3.63) is 35.9 Å². The zero-order valence-electron chi connectivity index (χ0n) is 8.79. The van der Waals surface area contributed by atoms with Crippen LogP contribution in [0.15, 0.2) is 30.3 Å². The first-order valence-electron chi connectivity index (χ1n) is 4.61. The van der Waals surface area contributed by atoms with E-state index in [2.05, 4.69) is 19.6 Å². The molecule has 1 aromatic rings. The van der Waals surface area contributed by atoms with Crippen LogP contribution in [-0.2, 0) is 10.3 Å². The summed E-state index contributed by atoms with van der Waals surface area (Å²) in [5.41, 5.74) is 0.925. The van der Waals surface area contributed by atoms with Crippen LogP contribution >= 0.6 is 0 Å². The normalized spacial score (nSPS) is 16.7. The van der Waals surface area contributed by atoms with Crippen LogP contribution in [-0.4, -0.2) is 8.07 Å². The van der Waals surface area contributed by atoms with E-state index in [-0.39, 0.29) is 0 Å². The Balaban J connectivity index is 3.08. The molecule has 1 aromatic carbocycles. The third-order valence-corrected chi connectivity index (χ3v) is 5.91. The van der Waals surface area contributed by atoms with Crippen LogP contribution in [0.25, 0.3) is 0 Å². The van der Waals surface area contributed by atoms with Gasteiger partial charge in [-0.05, 0) is 12.5 Å². The summed E-state index contributed by atoms with van der Waals surface area (Å²) < 4.78 is 0. The Morgan fingerprint density at radius 3 is 1.92 bits per heavy atom. The number of hydrogen-bond acceptors (Lipinski definition) is 0. The van der Waals surface area contributed by atoms with E-state index in [4.69, 9.17) is 0 Å². The lowest BCUT2D eigenvalue weighted by atomic mass is 10.1. The van der Waals surface area contributed by atoms with Crippen LogP contribution in [0, 0.1) is 0 Å². The summed E-state index contributed by atoms with van der Waals surface area (Å²) in [6, 6.07) is 9.69. The van der Waals surface area contributed by atoms with Crippen molar-refractivity contribution in [2.24, 2.45) is 0 Å². The standard InChI is InChI=1S/C11H17OSi/c1-11(12,13(2,3)4)10-8-6-5-7-9-10/h5-9H,1-4H3. The van der Waals surface area contributed by atoms with Crippen molar-refractivity contribution in [2.45, 2.75) is 31.8 Å². The zero-order chi connectivity index (χ0) is 10.1. The van der Waals surface area contributed by atoms with Crippen LogP contribution in [0.3, 0.4) is 0 Å². The highest BCUT2D eigenvalue weighted by molar-refractivity contribution is 6.78. The second kappa shape index (κ2) is 3.27. The smallest absolute Gasteiger partial charge is 0.114 e. The molecule has 0 fully saturated rings. The molecule has 0 aromatic heterocycles. The van der Waals surface area contributed by atoms with E-state index in [1.807, 2.05) is 37.3 Å². The van der Waals surface area contributed by atoms with Gasteiger partial charge in [0.15, 0.2) is 0 Å². The molecule has 0 saturated heterocycles. The molecule has 13 heavy (non-hydrogen) atoms. The van der Waals surface area contributed by atoms with E-state index < -0.39 is 13.3 Å². The predicted molar refractivity (Wildman–Crippen MR) is 57.8 cm³/mol. The van der Waals surface area contributed by atoms with E-state index >= 15 is 0 Å². The van der Waals surface area contributed by atoms with Gasteiger partial charge in [-0.3, -0.25) is 0 Å². The number of rotatable bonds is 2. The van der Waals surface area contributed by atoms with Gasteiger partial charge in [-0.25, -0.2) is 5.11 Å². The zero-order valence-corrected chi connectivity index (χ0v) is 9.79. The van der Waals surface area contributed by atoms with Crippen molar-refractivity contribution < 1.29 is 5.11 Å². The molecule has 1 rings (SSSR count). The van der Waals surface area contributed by atoms with Gasteiger partial charge < -0.3 is 0 Å². The largest absolute Gasteiger partial charge is 0.229 e. The van der Waals surface area contributed by atoms with E-state index in [1.54, 1.807) is 0 Å². The molecule has 0 heterocycles. The van der Waals surface area contributed by atoms with Crippen molar-refractivity contribution in [2.75, 3.05) is 0 Å². The Kier molecular flexibility index (Phi) is 2.64. The highest BCUT2D eigenvalue weighted by Crippen LogP contribution is 2.31. The van der Waals surface area contributed by atoms with Gasteiger partial charge in [0.25, 0.3) is 0 Å². The monoisotopic (exact) mass is 193 g/mol. The summed E-state index contributed by atoms with van der Waals surface area (Å²) in [4.78, 5) is 0. The second-order valence-electron chi connectivity index (χ2n) is 4.65. The molecule has 0 saturated carbocycles. The first-order valence-corrected chi connectivity index (χ1v) is 8.11. The Morgan fingerprint density at radius 1 is 1.08 bits per heavy atom. The fourth-order valence-corrected chi connectivity index (χ4v) is 2.22. The molecule has 0 N–H and O–H groups in total. The van der Waals surface area contributed by atoms with Crippen LogP contribution < -0.4 is 0 Å². The minimum Gasteiger partial charge on any atom is -0.229 e. The van der Waals surface area contributed by atoms with E-state index in [0.717, 1.165) is 5.56 Å². The number of hydrogen-bond donors (Lipinski definition) is 0. The van der Waals surface area contributed by atoms with Gasteiger partial charge in [0.2, 0.25) is 0 Å².